The van der Waals surface area contributed by atoms with Crippen molar-refractivity contribution in [1.82, 2.24) is 0 Å². The van der Waals surface area contributed by atoms with Crippen LogP contribution in [-0.4, -0.2) is 35.0 Å². The number of carbonyl (C=O) groups excluding carboxylic acids is 1. The number of esters is 1. The van der Waals surface area contributed by atoms with Gasteiger partial charge < -0.3 is 14.9 Å². The summed E-state index contributed by atoms with van der Waals surface area (Å²) in [6, 6.07) is 0. The Kier molecular flexibility index (Phi) is 7.07. The Morgan fingerprint density at radius 3 is 2.47 bits per heavy atom. The molecule has 0 heterocycles. The van der Waals surface area contributed by atoms with Gasteiger partial charge in [-0.1, -0.05) is 32.8 Å². The third-order valence-electron chi connectivity index (χ3n) is 3.09. The lowest BCUT2D eigenvalue weighted by molar-refractivity contribution is -0.163. The van der Waals surface area contributed by atoms with Gasteiger partial charge in [-0.3, -0.25) is 0 Å². The van der Waals surface area contributed by atoms with Gasteiger partial charge in [-0.05, 0) is 13.3 Å². The first-order valence-corrected chi connectivity index (χ1v) is 6.10. The number of unbranched alkanes of at least 4 members (excludes halogenated alkanes) is 1. The van der Waals surface area contributed by atoms with Gasteiger partial charge in [0.1, 0.15) is 0 Å². The first-order valence-electron chi connectivity index (χ1n) is 6.10. The van der Waals surface area contributed by atoms with Crippen LogP contribution in [0.3, 0.4) is 0 Å². The molecule has 17 heavy (non-hydrogen) atoms. The zero-order valence-corrected chi connectivity index (χ0v) is 11.0. The van der Waals surface area contributed by atoms with E-state index in [0.717, 1.165) is 12.8 Å². The normalized spacial score (nSPS) is 17.9. The van der Waals surface area contributed by atoms with Crippen LogP contribution in [-0.2, 0) is 9.53 Å². The van der Waals surface area contributed by atoms with Gasteiger partial charge in [0, 0.05) is 5.41 Å². The summed E-state index contributed by atoms with van der Waals surface area (Å²) in [5, 5.41) is 20.0. The van der Waals surface area contributed by atoms with E-state index >= 15 is 0 Å². The van der Waals surface area contributed by atoms with Crippen molar-refractivity contribution in [2.75, 3.05) is 6.61 Å². The van der Waals surface area contributed by atoms with E-state index in [1.165, 1.54) is 6.08 Å². The van der Waals surface area contributed by atoms with Gasteiger partial charge in [-0.25, -0.2) is 4.79 Å². The predicted octanol–water partition coefficient (Wildman–Crippen LogP) is 1.65. The molecule has 100 valence electrons. The molecule has 0 rings (SSSR count). The molecule has 0 amide bonds. The van der Waals surface area contributed by atoms with Crippen LogP contribution in [0.4, 0.5) is 0 Å². The number of hydrogen-bond donors (Lipinski definition) is 2. The highest BCUT2D eigenvalue weighted by Crippen LogP contribution is 2.31. The molecular formula is C13H24O4. The highest BCUT2D eigenvalue weighted by molar-refractivity contribution is 5.76. The van der Waals surface area contributed by atoms with Crippen LogP contribution in [0.25, 0.3) is 0 Å². The summed E-state index contributed by atoms with van der Waals surface area (Å²) in [5.41, 5.74) is -1.07. The Labute approximate surface area is 103 Å². The first kappa shape index (κ1) is 16.1. The van der Waals surface area contributed by atoms with Gasteiger partial charge in [-0.2, -0.15) is 0 Å². The lowest BCUT2D eigenvalue weighted by atomic mass is 9.77. The molecule has 0 spiro atoms. The minimum Gasteiger partial charge on any atom is -0.464 e. The van der Waals surface area contributed by atoms with Crippen LogP contribution < -0.4 is 0 Å². The van der Waals surface area contributed by atoms with Crippen molar-refractivity contribution in [1.29, 1.82) is 0 Å². The van der Waals surface area contributed by atoms with E-state index in [9.17, 15) is 15.0 Å². The molecule has 3 atom stereocenters. The highest BCUT2D eigenvalue weighted by atomic mass is 16.5. The standard InChI is InChI=1S/C13H24O4/c1-5-8-9-10(14)13(4,6-2)11(15)12(16)17-7-3/h6,10-11,14-15H,2,5,7-9H2,1,3-4H3/t10?,11?,13-/m1/s1. The Morgan fingerprint density at radius 1 is 1.47 bits per heavy atom. The SMILES string of the molecule is C=C[C@](C)(C(O)CCCC)C(O)C(=O)OCC. The van der Waals surface area contributed by atoms with Gasteiger partial charge >= 0.3 is 5.97 Å². The summed E-state index contributed by atoms with van der Waals surface area (Å²) in [7, 11) is 0. The fourth-order valence-electron chi connectivity index (χ4n) is 1.61. The van der Waals surface area contributed by atoms with E-state index in [0.29, 0.717) is 6.42 Å². The van der Waals surface area contributed by atoms with Crippen molar-refractivity contribution in [3.63, 3.8) is 0 Å². The summed E-state index contributed by atoms with van der Waals surface area (Å²) < 4.78 is 4.76. The largest absolute Gasteiger partial charge is 0.464 e. The monoisotopic (exact) mass is 244 g/mol. The van der Waals surface area contributed by atoms with E-state index in [4.69, 9.17) is 4.74 Å². The Bertz CT molecular complexity index is 252. The molecule has 0 aliphatic rings. The van der Waals surface area contributed by atoms with Crippen LogP contribution in [0.1, 0.15) is 40.0 Å². The number of ether oxygens (including phenoxy) is 1. The number of hydrogen-bond acceptors (Lipinski definition) is 4. The molecule has 0 aliphatic heterocycles. The molecular weight excluding hydrogens is 220 g/mol. The fourth-order valence-corrected chi connectivity index (χ4v) is 1.61. The summed E-state index contributed by atoms with van der Waals surface area (Å²) >= 11 is 0. The molecule has 0 aliphatic carbocycles. The van der Waals surface area contributed by atoms with Crippen molar-refractivity contribution in [2.45, 2.75) is 52.2 Å². The van der Waals surface area contributed by atoms with Crippen LogP contribution in [0.5, 0.6) is 0 Å². The van der Waals surface area contributed by atoms with Crippen molar-refractivity contribution in [3.8, 4) is 0 Å². The summed E-state index contributed by atoms with van der Waals surface area (Å²) in [6.45, 7) is 9.10. The van der Waals surface area contributed by atoms with E-state index in [1.54, 1.807) is 13.8 Å². The zero-order chi connectivity index (χ0) is 13.5. The zero-order valence-electron chi connectivity index (χ0n) is 11.0. The number of rotatable bonds is 8. The highest BCUT2D eigenvalue weighted by Gasteiger charge is 2.41. The topological polar surface area (TPSA) is 66.8 Å². The predicted molar refractivity (Wildman–Crippen MR) is 66.5 cm³/mol. The van der Waals surface area contributed by atoms with Gasteiger partial charge in [0.05, 0.1) is 12.7 Å². The molecule has 0 radical (unpaired) electrons. The number of aliphatic hydroxyl groups excluding tert-OH is 2. The Balaban J connectivity index is 4.74. The molecule has 0 aromatic heterocycles. The second kappa shape index (κ2) is 7.45. The molecule has 0 aromatic carbocycles. The first-order chi connectivity index (χ1) is 7.93. The minimum absolute atomic E-state index is 0.203. The molecule has 0 saturated carbocycles. The summed E-state index contributed by atoms with van der Waals surface area (Å²) in [4.78, 5) is 11.5. The third-order valence-corrected chi connectivity index (χ3v) is 3.09. The smallest absolute Gasteiger partial charge is 0.335 e. The average molecular weight is 244 g/mol. The van der Waals surface area contributed by atoms with E-state index in [1.807, 2.05) is 6.92 Å². The second-order valence-electron chi connectivity index (χ2n) is 4.38. The average Bonchev–Trinajstić information content (AvgIpc) is 2.34. The molecule has 4 heteroatoms. The van der Waals surface area contributed by atoms with Gasteiger partial charge in [0.2, 0.25) is 0 Å². The van der Waals surface area contributed by atoms with Gasteiger partial charge in [-0.15, -0.1) is 6.58 Å². The van der Waals surface area contributed by atoms with Crippen molar-refractivity contribution < 1.29 is 19.7 Å². The maximum absolute atomic E-state index is 11.5. The van der Waals surface area contributed by atoms with Crippen molar-refractivity contribution in [3.05, 3.63) is 12.7 Å². The lowest BCUT2D eigenvalue weighted by Crippen LogP contribution is -2.46. The quantitative estimate of drug-likeness (QED) is 0.503. The fraction of sp³-hybridized carbons (Fsp3) is 0.769. The van der Waals surface area contributed by atoms with Gasteiger partial charge in [0.25, 0.3) is 0 Å². The van der Waals surface area contributed by atoms with E-state index in [2.05, 4.69) is 6.58 Å². The molecule has 0 aromatic rings. The Morgan fingerprint density at radius 2 is 2.06 bits per heavy atom. The van der Waals surface area contributed by atoms with Crippen molar-refractivity contribution >= 4 is 5.97 Å². The molecule has 0 bridgehead atoms. The summed E-state index contributed by atoms with van der Waals surface area (Å²) in [5.74, 6) is -0.717. The maximum atomic E-state index is 11.5. The van der Waals surface area contributed by atoms with Crippen molar-refractivity contribution in [2.24, 2.45) is 5.41 Å². The number of carbonyl (C=O) groups is 1. The minimum atomic E-state index is -1.38. The molecule has 2 unspecified atom stereocenters. The second-order valence-corrected chi connectivity index (χ2v) is 4.38. The third kappa shape index (κ3) is 4.13. The van der Waals surface area contributed by atoms with E-state index < -0.39 is 23.6 Å². The van der Waals surface area contributed by atoms with Crippen LogP contribution in [0, 0.1) is 5.41 Å². The number of aliphatic hydroxyl groups is 2. The lowest BCUT2D eigenvalue weighted by Gasteiger charge is -2.34. The van der Waals surface area contributed by atoms with Crippen LogP contribution >= 0.6 is 0 Å². The Hall–Kier alpha value is -0.870. The molecule has 2 N–H and O–H groups in total. The van der Waals surface area contributed by atoms with Crippen LogP contribution in [0.15, 0.2) is 12.7 Å². The van der Waals surface area contributed by atoms with Gasteiger partial charge in [0.15, 0.2) is 6.10 Å². The maximum Gasteiger partial charge on any atom is 0.335 e. The summed E-state index contributed by atoms with van der Waals surface area (Å²) in [6.07, 6.45) is 1.54. The van der Waals surface area contributed by atoms with Crippen LogP contribution in [0.2, 0.25) is 0 Å². The molecule has 0 saturated heterocycles. The van der Waals surface area contributed by atoms with E-state index in [-0.39, 0.29) is 6.61 Å². The molecule has 0 fully saturated rings. The molecule has 4 nitrogen and oxygen atoms in total.